The molecule has 0 radical (unpaired) electrons. The van der Waals surface area contributed by atoms with Crippen LogP contribution in [0.25, 0.3) is 112 Å². The van der Waals surface area contributed by atoms with Gasteiger partial charge in [-0.2, -0.15) is 0 Å². The van der Waals surface area contributed by atoms with Crippen LogP contribution in [0, 0.1) is 0 Å². The van der Waals surface area contributed by atoms with Gasteiger partial charge in [0.25, 0.3) is 0 Å². The highest BCUT2D eigenvalue weighted by atomic mass is 16.4. The maximum Gasteiger partial charge on any atom is 0.227 e. The maximum absolute atomic E-state index is 6.39. The van der Waals surface area contributed by atoms with Crippen molar-refractivity contribution >= 4 is 43.8 Å². The van der Waals surface area contributed by atoms with Gasteiger partial charge < -0.3 is 8.83 Å². The summed E-state index contributed by atoms with van der Waals surface area (Å²) in [4.78, 5) is 23.6. The minimum Gasteiger partial charge on any atom is -0.456 e. The van der Waals surface area contributed by atoms with Crippen LogP contribution in [-0.4, -0.2) is 24.9 Å². The number of nitrogens with zero attached hydrogens (tertiary/aromatic N) is 5. The van der Waals surface area contributed by atoms with Gasteiger partial charge in [-0.05, 0) is 69.4 Å². The van der Waals surface area contributed by atoms with Gasteiger partial charge in [-0.25, -0.2) is 19.9 Å². The molecule has 0 spiro atoms. The average molecular weight is 720 g/mol. The van der Waals surface area contributed by atoms with Gasteiger partial charge in [0.05, 0.1) is 5.39 Å². The van der Waals surface area contributed by atoms with Crippen LogP contribution in [-0.2, 0) is 0 Å². The van der Waals surface area contributed by atoms with E-state index in [1.807, 2.05) is 91.0 Å². The molecule has 11 rings (SSSR count). The van der Waals surface area contributed by atoms with Crippen molar-refractivity contribution in [3.8, 4) is 67.9 Å². The standard InChI is InChI=1S/C49H29N5O2/c1-3-9-31(10-4-1)46-52-47(32-11-5-2-6-12-32)54-48(53-46)33-17-15-30(16-18-33)36-20-21-37(39-14-8-7-13-38(36)39)35-19-23-42-40(29-35)44-43(55-42)24-22-41-45(44)56-49(51-41)34-25-27-50-28-26-34/h1-29H. The first kappa shape index (κ1) is 31.7. The average Bonchev–Trinajstić information content (AvgIpc) is 3.88. The Labute approximate surface area is 320 Å². The minimum atomic E-state index is 0.553. The Kier molecular flexibility index (Phi) is 7.35. The van der Waals surface area contributed by atoms with Crippen LogP contribution in [0.2, 0.25) is 0 Å². The lowest BCUT2D eigenvalue weighted by atomic mass is 9.91. The summed E-state index contributed by atoms with van der Waals surface area (Å²) in [6.07, 6.45) is 3.48. The van der Waals surface area contributed by atoms with Crippen molar-refractivity contribution in [3.05, 3.63) is 176 Å². The third-order valence-corrected chi connectivity index (χ3v) is 10.3. The van der Waals surface area contributed by atoms with Crippen LogP contribution >= 0.6 is 0 Å². The molecule has 7 heteroatoms. The first-order valence-corrected chi connectivity index (χ1v) is 18.4. The summed E-state index contributed by atoms with van der Waals surface area (Å²) in [5.41, 5.74) is 11.2. The topological polar surface area (TPSA) is 90.7 Å². The van der Waals surface area contributed by atoms with Crippen molar-refractivity contribution in [2.45, 2.75) is 0 Å². The van der Waals surface area contributed by atoms with E-state index >= 15 is 0 Å². The lowest BCUT2D eigenvalue weighted by molar-refractivity contribution is 0.622. The number of rotatable bonds is 6. The van der Waals surface area contributed by atoms with Gasteiger partial charge in [-0.1, -0.05) is 127 Å². The van der Waals surface area contributed by atoms with E-state index in [0.29, 0.717) is 28.9 Å². The fourth-order valence-electron chi connectivity index (χ4n) is 7.57. The monoisotopic (exact) mass is 719 g/mol. The molecule has 56 heavy (non-hydrogen) atoms. The van der Waals surface area contributed by atoms with Crippen molar-refractivity contribution in [1.82, 2.24) is 24.9 Å². The highest BCUT2D eigenvalue weighted by Gasteiger charge is 2.19. The highest BCUT2D eigenvalue weighted by Crippen LogP contribution is 2.41. The van der Waals surface area contributed by atoms with Gasteiger partial charge in [0, 0.05) is 40.0 Å². The first-order chi connectivity index (χ1) is 27.7. The quantitative estimate of drug-likeness (QED) is 0.169. The molecular weight excluding hydrogens is 691 g/mol. The SMILES string of the molecule is c1ccc(-c2nc(-c3ccccc3)nc(-c3ccc(-c4ccc(-c5ccc6oc7ccc8nc(-c9ccncc9)oc8c7c6c5)c5ccccc45)cc3)n2)cc1. The number of fused-ring (bicyclic) bond motifs is 6. The second-order valence-corrected chi connectivity index (χ2v) is 13.7. The van der Waals surface area contributed by atoms with Crippen LogP contribution in [0.4, 0.5) is 0 Å². The summed E-state index contributed by atoms with van der Waals surface area (Å²) in [7, 11) is 0. The Bertz CT molecular complexity index is 3170. The number of hydrogen-bond donors (Lipinski definition) is 0. The zero-order valence-electron chi connectivity index (χ0n) is 29.8. The molecule has 262 valence electrons. The Hall–Kier alpha value is -7.77. The summed E-state index contributed by atoms with van der Waals surface area (Å²) < 4.78 is 12.7. The van der Waals surface area contributed by atoms with Crippen LogP contribution in [0.3, 0.4) is 0 Å². The second-order valence-electron chi connectivity index (χ2n) is 13.7. The smallest absolute Gasteiger partial charge is 0.227 e. The van der Waals surface area contributed by atoms with Gasteiger partial charge in [0.1, 0.15) is 16.7 Å². The van der Waals surface area contributed by atoms with Gasteiger partial charge in [0.2, 0.25) is 5.89 Å². The van der Waals surface area contributed by atoms with E-state index in [0.717, 1.165) is 82.7 Å². The van der Waals surface area contributed by atoms with Gasteiger partial charge in [-0.15, -0.1) is 0 Å². The molecule has 0 bridgehead atoms. The van der Waals surface area contributed by atoms with Crippen molar-refractivity contribution in [1.29, 1.82) is 0 Å². The summed E-state index contributed by atoms with van der Waals surface area (Å²) >= 11 is 0. The van der Waals surface area contributed by atoms with Crippen molar-refractivity contribution in [3.63, 3.8) is 0 Å². The largest absolute Gasteiger partial charge is 0.456 e. The third-order valence-electron chi connectivity index (χ3n) is 10.3. The van der Waals surface area contributed by atoms with E-state index < -0.39 is 0 Å². The van der Waals surface area contributed by atoms with Gasteiger partial charge in [-0.3, -0.25) is 4.98 Å². The van der Waals surface area contributed by atoms with E-state index in [9.17, 15) is 0 Å². The van der Waals surface area contributed by atoms with Crippen LogP contribution in [0.1, 0.15) is 0 Å². The number of oxazole rings is 1. The number of pyridine rings is 1. The predicted octanol–water partition coefficient (Wildman–Crippen LogP) is 12.5. The maximum atomic E-state index is 6.39. The first-order valence-electron chi connectivity index (χ1n) is 18.4. The molecule has 7 aromatic carbocycles. The van der Waals surface area contributed by atoms with E-state index in [4.69, 9.17) is 28.8 Å². The number of aromatic nitrogens is 5. The number of furan rings is 1. The Balaban J connectivity index is 0.986. The van der Waals surface area contributed by atoms with E-state index in [-0.39, 0.29) is 0 Å². The fourth-order valence-corrected chi connectivity index (χ4v) is 7.57. The zero-order valence-corrected chi connectivity index (χ0v) is 29.8. The minimum absolute atomic E-state index is 0.553. The van der Waals surface area contributed by atoms with Crippen LogP contribution < -0.4 is 0 Å². The molecule has 4 aromatic heterocycles. The molecule has 0 saturated carbocycles. The number of hydrogen-bond acceptors (Lipinski definition) is 7. The molecule has 0 amide bonds. The van der Waals surface area contributed by atoms with Crippen molar-refractivity contribution in [2.75, 3.05) is 0 Å². The lowest BCUT2D eigenvalue weighted by Crippen LogP contribution is -2.00. The van der Waals surface area contributed by atoms with Crippen molar-refractivity contribution < 1.29 is 8.83 Å². The van der Waals surface area contributed by atoms with E-state index in [1.54, 1.807) is 12.4 Å². The molecule has 0 aliphatic heterocycles. The molecule has 11 aromatic rings. The summed E-state index contributed by atoms with van der Waals surface area (Å²) in [5.74, 6) is 2.46. The zero-order chi connectivity index (χ0) is 37.0. The Morgan fingerprint density at radius 3 is 1.54 bits per heavy atom. The predicted molar refractivity (Wildman–Crippen MR) is 223 cm³/mol. The highest BCUT2D eigenvalue weighted by molar-refractivity contribution is 6.17. The van der Waals surface area contributed by atoms with E-state index in [2.05, 4.69) is 77.8 Å². The molecule has 7 nitrogen and oxygen atoms in total. The molecule has 0 atom stereocenters. The summed E-state index contributed by atoms with van der Waals surface area (Å²) in [6, 6.07) is 55.7. The molecule has 0 saturated heterocycles. The summed E-state index contributed by atoms with van der Waals surface area (Å²) in [6.45, 7) is 0. The van der Waals surface area contributed by atoms with Crippen molar-refractivity contribution in [2.24, 2.45) is 0 Å². The normalized spacial score (nSPS) is 11.6. The van der Waals surface area contributed by atoms with Gasteiger partial charge in [0.15, 0.2) is 23.1 Å². The summed E-state index contributed by atoms with van der Waals surface area (Å²) in [5, 5.41) is 4.21. The van der Waals surface area contributed by atoms with Crippen LogP contribution in [0.15, 0.2) is 185 Å². The molecule has 0 N–H and O–H groups in total. The number of benzene rings is 7. The molecular formula is C49H29N5O2. The Morgan fingerprint density at radius 1 is 0.357 bits per heavy atom. The molecule has 0 aliphatic rings. The van der Waals surface area contributed by atoms with Gasteiger partial charge >= 0.3 is 0 Å². The van der Waals surface area contributed by atoms with E-state index in [1.165, 1.54) is 0 Å². The fraction of sp³-hybridized carbons (Fsp3) is 0. The second kappa shape index (κ2) is 13.0. The molecule has 0 unspecified atom stereocenters. The molecule has 0 fully saturated rings. The molecule has 0 aliphatic carbocycles. The Morgan fingerprint density at radius 2 is 0.893 bits per heavy atom. The third kappa shape index (κ3) is 5.41. The lowest BCUT2D eigenvalue weighted by Gasteiger charge is -2.13. The van der Waals surface area contributed by atoms with Crippen LogP contribution in [0.5, 0.6) is 0 Å². The molecule has 4 heterocycles.